The molecular formula is C16H23NO2. The van der Waals surface area contributed by atoms with Gasteiger partial charge in [-0.1, -0.05) is 17.7 Å². The Morgan fingerprint density at radius 1 is 1.21 bits per heavy atom. The number of nitrogens with zero attached hydrogens (tertiary/aromatic N) is 1. The van der Waals surface area contributed by atoms with Crippen molar-refractivity contribution in [3.63, 3.8) is 0 Å². The molecule has 1 fully saturated rings. The Morgan fingerprint density at radius 3 is 2.21 bits per heavy atom. The molecule has 0 saturated carbocycles. The Kier molecular flexibility index (Phi) is 4.25. The predicted molar refractivity (Wildman–Crippen MR) is 76.3 cm³/mol. The smallest absolute Gasteiger partial charge is 0.306 e. The Balaban J connectivity index is 2.02. The van der Waals surface area contributed by atoms with E-state index in [1.165, 1.54) is 22.3 Å². The van der Waals surface area contributed by atoms with Gasteiger partial charge in [0.15, 0.2) is 0 Å². The molecule has 0 bridgehead atoms. The van der Waals surface area contributed by atoms with E-state index in [1.54, 1.807) is 0 Å². The molecule has 1 aromatic carbocycles. The first-order valence-corrected chi connectivity index (χ1v) is 6.99. The van der Waals surface area contributed by atoms with Gasteiger partial charge >= 0.3 is 5.97 Å². The van der Waals surface area contributed by atoms with E-state index in [9.17, 15) is 4.79 Å². The van der Waals surface area contributed by atoms with Crippen LogP contribution in [0.3, 0.4) is 0 Å². The molecule has 0 radical (unpaired) electrons. The molecule has 0 unspecified atom stereocenters. The van der Waals surface area contributed by atoms with E-state index in [2.05, 4.69) is 37.8 Å². The lowest BCUT2D eigenvalue weighted by Crippen LogP contribution is -2.36. The zero-order valence-electron chi connectivity index (χ0n) is 12.1. The average molecular weight is 261 g/mol. The number of benzene rings is 1. The second kappa shape index (κ2) is 5.74. The first-order chi connectivity index (χ1) is 8.97. The molecule has 1 aliphatic rings. The highest BCUT2D eigenvalue weighted by Crippen LogP contribution is 2.22. The highest BCUT2D eigenvalue weighted by atomic mass is 16.4. The number of hydrogen-bond donors (Lipinski definition) is 1. The van der Waals surface area contributed by atoms with E-state index < -0.39 is 5.97 Å². The van der Waals surface area contributed by atoms with Crippen LogP contribution in [0.1, 0.15) is 35.1 Å². The van der Waals surface area contributed by atoms with E-state index in [0.717, 1.165) is 32.5 Å². The highest BCUT2D eigenvalue weighted by molar-refractivity contribution is 5.70. The average Bonchev–Trinajstić information content (AvgIpc) is 2.34. The lowest BCUT2D eigenvalue weighted by molar-refractivity contribution is -0.143. The molecule has 3 heteroatoms. The summed E-state index contributed by atoms with van der Waals surface area (Å²) in [5.41, 5.74) is 5.40. The van der Waals surface area contributed by atoms with Gasteiger partial charge in [0.05, 0.1) is 5.92 Å². The van der Waals surface area contributed by atoms with E-state index in [-0.39, 0.29) is 5.92 Å². The van der Waals surface area contributed by atoms with Crippen molar-refractivity contribution in [3.05, 3.63) is 34.4 Å². The Morgan fingerprint density at radius 2 is 1.74 bits per heavy atom. The number of carboxylic acid groups (broad SMARTS) is 1. The maximum Gasteiger partial charge on any atom is 0.306 e. The highest BCUT2D eigenvalue weighted by Gasteiger charge is 2.24. The SMILES string of the molecule is Cc1cc(C)c(CN2CCC(C(=O)O)CC2)c(C)c1. The fraction of sp³-hybridized carbons (Fsp3) is 0.562. The number of rotatable bonds is 3. The molecule has 0 atom stereocenters. The number of carbonyl (C=O) groups is 1. The Labute approximate surface area is 115 Å². The van der Waals surface area contributed by atoms with Crippen molar-refractivity contribution in [3.8, 4) is 0 Å². The van der Waals surface area contributed by atoms with Gasteiger partial charge in [-0.15, -0.1) is 0 Å². The van der Waals surface area contributed by atoms with Gasteiger partial charge in [0.1, 0.15) is 0 Å². The molecule has 1 aromatic rings. The van der Waals surface area contributed by atoms with Gasteiger partial charge in [0.25, 0.3) is 0 Å². The number of carboxylic acids is 1. The first kappa shape index (κ1) is 14.1. The minimum Gasteiger partial charge on any atom is -0.481 e. The summed E-state index contributed by atoms with van der Waals surface area (Å²) in [5, 5.41) is 9.01. The van der Waals surface area contributed by atoms with Crippen LogP contribution in [0.15, 0.2) is 12.1 Å². The quantitative estimate of drug-likeness (QED) is 0.909. The molecule has 1 saturated heterocycles. The van der Waals surface area contributed by atoms with Crippen LogP contribution in [0.4, 0.5) is 0 Å². The molecule has 0 spiro atoms. The summed E-state index contributed by atoms with van der Waals surface area (Å²) in [6, 6.07) is 4.46. The second-order valence-electron chi connectivity index (χ2n) is 5.77. The summed E-state index contributed by atoms with van der Waals surface area (Å²) in [6.07, 6.45) is 1.55. The zero-order chi connectivity index (χ0) is 14.0. The van der Waals surface area contributed by atoms with Gasteiger partial charge in [-0.25, -0.2) is 0 Å². The van der Waals surface area contributed by atoms with Gasteiger partial charge in [0, 0.05) is 6.54 Å². The first-order valence-electron chi connectivity index (χ1n) is 6.99. The fourth-order valence-electron chi connectivity index (χ4n) is 3.02. The third kappa shape index (κ3) is 3.35. The van der Waals surface area contributed by atoms with Crippen molar-refractivity contribution >= 4 is 5.97 Å². The van der Waals surface area contributed by atoms with E-state index >= 15 is 0 Å². The van der Waals surface area contributed by atoms with Crippen LogP contribution < -0.4 is 0 Å². The normalized spacial score (nSPS) is 17.6. The summed E-state index contributed by atoms with van der Waals surface area (Å²) in [4.78, 5) is 13.3. The van der Waals surface area contributed by atoms with Crippen LogP contribution in [-0.4, -0.2) is 29.1 Å². The number of piperidine rings is 1. The van der Waals surface area contributed by atoms with Crippen LogP contribution in [0.5, 0.6) is 0 Å². The van der Waals surface area contributed by atoms with Crippen molar-refractivity contribution in [2.24, 2.45) is 5.92 Å². The molecular weight excluding hydrogens is 238 g/mol. The lowest BCUT2D eigenvalue weighted by Gasteiger charge is -2.31. The van der Waals surface area contributed by atoms with Crippen LogP contribution in [0, 0.1) is 26.7 Å². The van der Waals surface area contributed by atoms with Crippen molar-refractivity contribution in [1.82, 2.24) is 4.90 Å². The number of likely N-dealkylation sites (tertiary alicyclic amines) is 1. The monoisotopic (exact) mass is 261 g/mol. The standard InChI is InChI=1S/C16H23NO2/c1-11-8-12(2)15(13(3)9-11)10-17-6-4-14(5-7-17)16(18)19/h8-9,14H,4-7,10H2,1-3H3,(H,18,19). The second-order valence-corrected chi connectivity index (χ2v) is 5.77. The number of aryl methyl sites for hydroxylation is 3. The molecule has 0 aromatic heterocycles. The summed E-state index contributed by atoms with van der Waals surface area (Å²) < 4.78 is 0. The van der Waals surface area contributed by atoms with Gasteiger partial charge in [-0.3, -0.25) is 9.69 Å². The van der Waals surface area contributed by atoms with Gasteiger partial charge in [-0.2, -0.15) is 0 Å². The minimum absolute atomic E-state index is 0.142. The molecule has 1 heterocycles. The summed E-state index contributed by atoms with van der Waals surface area (Å²) in [5.74, 6) is -0.779. The minimum atomic E-state index is -0.637. The van der Waals surface area contributed by atoms with Crippen molar-refractivity contribution in [2.45, 2.75) is 40.2 Å². The number of aliphatic carboxylic acids is 1. The Hall–Kier alpha value is -1.35. The van der Waals surface area contributed by atoms with Crippen molar-refractivity contribution in [2.75, 3.05) is 13.1 Å². The molecule has 0 amide bonds. The topological polar surface area (TPSA) is 40.5 Å². The van der Waals surface area contributed by atoms with Gasteiger partial charge < -0.3 is 5.11 Å². The summed E-state index contributed by atoms with van der Waals surface area (Å²) >= 11 is 0. The summed E-state index contributed by atoms with van der Waals surface area (Å²) in [6.45, 7) is 9.19. The van der Waals surface area contributed by atoms with Crippen LogP contribution in [0.25, 0.3) is 0 Å². The zero-order valence-corrected chi connectivity index (χ0v) is 12.1. The van der Waals surface area contributed by atoms with E-state index in [4.69, 9.17) is 5.11 Å². The molecule has 19 heavy (non-hydrogen) atoms. The molecule has 2 rings (SSSR count). The largest absolute Gasteiger partial charge is 0.481 e. The van der Waals surface area contributed by atoms with Gasteiger partial charge in [-0.05, 0) is 63.4 Å². The molecule has 1 aliphatic heterocycles. The third-order valence-electron chi connectivity index (χ3n) is 4.16. The van der Waals surface area contributed by atoms with Crippen LogP contribution in [-0.2, 0) is 11.3 Å². The van der Waals surface area contributed by atoms with Crippen LogP contribution >= 0.6 is 0 Å². The maximum atomic E-state index is 10.9. The number of hydrogen-bond acceptors (Lipinski definition) is 2. The van der Waals surface area contributed by atoms with Gasteiger partial charge in [0.2, 0.25) is 0 Å². The van der Waals surface area contributed by atoms with Crippen molar-refractivity contribution in [1.29, 1.82) is 0 Å². The predicted octanol–water partition coefficient (Wildman–Crippen LogP) is 2.91. The van der Waals surface area contributed by atoms with Crippen molar-refractivity contribution < 1.29 is 9.90 Å². The molecule has 0 aliphatic carbocycles. The van der Waals surface area contributed by atoms with Crippen LogP contribution in [0.2, 0.25) is 0 Å². The third-order valence-corrected chi connectivity index (χ3v) is 4.16. The molecule has 3 nitrogen and oxygen atoms in total. The van der Waals surface area contributed by atoms with E-state index in [1.807, 2.05) is 0 Å². The molecule has 104 valence electrons. The lowest BCUT2D eigenvalue weighted by atomic mass is 9.95. The molecule has 1 N–H and O–H groups in total. The fourth-order valence-corrected chi connectivity index (χ4v) is 3.02. The Bertz CT molecular complexity index is 451. The summed E-state index contributed by atoms with van der Waals surface area (Å²) in [7, 11) is 0. The van der Waals surface area contributed by atoms with E-state index in [0.29, 0.717) is 0 Å². The maximum absolute atomic E-state index is 10.9.